The molecule has 0 radical (unpaired) electrons. The Bertz CT molecular complexity index is 501. The van der Waals surface area contributed by atoms with Crippen molar-refractivity contribution in [1.82, 2.24) is 19.9 Å². The summed E-state index contributed by atoms with van der Waals surface area (Å²) in [5, 5.41) is 0. The molecule has 0 amide bonds. The number of ether oxygens (including phenoxy) is 1. The van der Waals surface area contributed by atoms with E-state index in [2.05, 4.69) is 24.7 Å². The molecule has 0 aromatic carbocycles. The molecule has 2 rings (SSSR count). The highest BCUT2D eigenvalue weighted by Crippen LogP contribution is 2.14. The van der Waals surface area contributed by atoms with Crippen LogP contribution >= 0.6 is 0 Å². The fourth-order valence-corrected chi connectivity index (χ4v) is 1.17. The first kappa shape index (κ1) is 10.2. The summed E-state index contributed by atoms with van der Waals surface area (Å²) in [7, 11) is 1.28. The maximum atomic E-state index is 11.4. The molecule has 6 heteroatoms. The van der Waals surface area contributed by atoms with Gasteiger partial charge in [-0.25, -0.2) is 24.7 Å². The minimum absolute atomic E-state index is 0.108. The maximum Gasteiger partial charge on any atom is 0.359 e. The fraction of sp³-hybridized carbons (Fsp3) is 0.100. The van der Waals surface area contributed by atoms with Gasteiger partial charge in [0.1, 0.15) is 5.69 Å². The number of carbonyl (C=O) groups excluding carboxylic acids is 1. The summed E-state index contributed by atoms with van der Waals surface area (Å²) in [4.78, 5) is 27.4. The van der Waals surface area contributed by atoms with E-state index in [4.69, 9.17) is 0 Å². The highest BCUT2D eigenvalue weighted by Gasteiger charge is 2.17. The second-order valence-electron chi connectivity index (χ2n) is 2.82. The van der Waals surface area contributed by atoms with Gasteiger partial charge in [-0.2, -0.15) is 0 Å². The molecule has 0 N–H and O–H groups in total. The molecule has 0 aliphatic rings. The van der Waals surface area contributed by atoms with Crippen molar-refractivity contribution in [1.29, 1.82) is 0 Å². The molecular formula is C10H8N4O2. The normalized spacial score (nSPS) is 9.81. The Hall–Kier alpha value is -2.37. The molecule has 0 unspecified atom stereocenters. The Balaban J connectivity index is 2.53. The molecule has 0 spiro atoms. The van der Waals surface area contributed by atoms with E-state index in [1.165, 1.54) is 19.5 Å². The van der Waals surface area contributed by atoms with E-state index in [0.29, 0.717) is 11.5 Å². The van der Waals surface area contributed by atoms with Crippen LogP contribution in [0.5, 0.6) is 0 Å². The lowest BCUT2D eigenvalue weighted by molar-refractivity contribution is 0.0594. The minimum Gasteiger partial charge on any atom is -0.464 e. The number of carbonyl (C=O) groups is 1. The number of nitrogens with zero attached hydrogens (tertiary/aromatic N) is 4. The number of methoxy groups -OCH3 is 1. The molecule has 6 nitrogen and oxygen atoms in total. The summed E-state index contributed by atoms with van der Waals surface area (Å²) in [5.74, 6) is -0.216. The van der Waals surface area contributed by atoms with Crippen LogP contribution in [0.25, 0.3) is 11.5 Å². The van der Waals surface area contributed by atoms with E-state index >= 15 is 0 Å². The summed E-state index contributed by atoms with van der Waals surface area (Å²) in [6, 6.07) is 1.68. The van der Waals surface area contributed by atoms with Gasteiger partial charge in [0.25, 0.3) is 0 Å². The van der Waals surface area contributed by atoms with Crippen LogP contribution in [0.4, 0.5) is 0 Å². The van der Waals surface area contributed by atoms with Crippen LogP contribution < -0.4 is 0 Å². The standard InChI is InChI=1S/C10H8N4O2/c1-16-10(15)8-7(11-5-6-12-8)9-13-3-2-4-14-9/h2-6H,1H3. The van der Waals surface area contributed by atoms with Gasteiger partial charge in [0.15, 0.2) is 11.5 Å². The van der Waals surface area contributed by atoms with Crippen molar-refractivity contribution in [3.05, 3.63) is 36.5 Å². The molecule has 0 saturated heterocycles. The van der Waals surface area contributed by atoms with Crippen LogP contribution in [-0.4, -0.2) is 33.0 Å². The SMILES string of the molecule is COC(=O)c1nccnc1-c1ncccn1. The summed E-state index contributed by atoms with van der Waals surface area (Å²) in [6.07, 6.45) is 6.02. The van der Waals surface area contributed by atoms with Crippen molar-refractivity contribution >= 4 is 5.97 Å². The van der Waals surface area contributed by atoms with Gasteiger partial charge in [-0.15, -0.1) is 0 Å². The van der Waals surface area contributed by atoms with Gasteiger partial charge >= 0.3 is 5.97 Å². The lowest BCUT2D eigenvalue weighted by Gasteiger charge is -2.03. The Morgan fingerprint density at radius 2 is 1.75 bits per heavy atom. The van der Waals surface area contributed by atoms with Gasteiger partial charge in [0.2, 0.25) is 0 Å². The van der Waals surface area contributed by atoms with Gasteiger partial charge in [-0.3, -0.25) is 0 Å². The zero-order chi connectivity index (χ0) is 11.4. The average molecular weight is 216 g/mol. The number of rotatable bonds is 2. The molecule has 0 aliphatic heterocycles. The topological polar surface area (TPSA) is 77.9 Å². The highest BCUT2D eigenvalue weighted by molar-refractivity contribution is 5.92. The van der Waals surface area contributed by atoms with Gasteiger partial charge in [-0.1, -0.05) is 0 Å². The molecule has 0 atom stereocenters. The molecule has 0 bridgehead atoms. The van der Waals surface area contributed by atoms with E-state index < -0.39 is 5.97 Å². The third-order valence-electron chi connectivity index (χ3n) is 1.85. The quantitative estimate of drug-likeness (QED) is 0.688. The summed E-state index contributed by atoms with van der Waals surface area (Å²) < 4.78 is 4.60. The zero-order valence-corrected chi connectivity index (χ0v) is 8.49. The van der Waals surface area contributed by atoms with Gasteiger partial charge in [0.05, 0.1) is 7.11 Å². The summed E-state index contributed by atoms with van der Waals surface area (Å²) in [6.45, 7) is 0. The molecule has 2 aromatic rings. The van der Waals surface area contributed by atoms with Crippen molar-refractivity contribution in [2.45, 2.75) is 0 Å². The average Bonchev–Trinajstić information content (AvgIpc) is 2.39. The number of aromatic nitrogens is 4. The first-order valence-electron chi connectivity index (χ1n) is 4.49. The monoisotopic (exact) mass is 216 g/mol. The number of esters is 1. The molecule has 0 aliphatic carbocycles. The van der Waals surface area contributed by atoms with Crippen LogP contribution in [-0.2, 0) is 4.74 Å². The first-order valence-corrected chi connectivity index (χ1v) is 4.49. The van der Waals surface area contributed by atoms with E-state index in [9.17, 15) is 4.79 Å². The lowest BCUT2D eigenvalue weighted by atomic mass is 10.3. The largest absolute Gasteiger partial charge is 0.464 e. The summed E-state index contributed by atoms with van der Waals surface area (Å²) in [5.41, 5.74) is 0.422. The molecule has 0 fully saturated rings. The highest BCUT2D eigenvalue weighted by atomic mass is 16.5. The van der Waals surface area contributed by atoms with E-state index in [1.807, 2.05) is 0 Å². The van der Waals surface area contributed by atoms with Gasteiger partial charge in [-0.05, 0) is 6.07 Å². The predicted octanol–water partition coefficient (Wildman–Crippen LogP) is 0.720. The predicted molar refractivity (Wildman–Crippen MR) is 54.4 cm³/mol. The third-order valence-corrected chi connectivity index (χ3v) is 1.85. The fourth-order valence-electron chi connectivity index (χ4n) is 1.17. The van der Waals surface area contributed by atoms with E-state index in [0.717, 1.165) is 0 Å². The Morgan fingerprint density at radius 1 is 1.06 bits per heavy atom. The van der Waals surface area contributed by atoms with Crippen LogP contribution in [0.15, 0.2) is 30.9 Å². The van der Waals surface area contributed by atoms with E-state index in [1.54, 1.807) is 18.5 Å². The molecule has 2 aromatic heterocycles. The van der Waals surface area contributed by atoms with Crippen LogP contribution in [0.2, 0.25) is 0 Å². The smallest absolute Gasteiger partial charge is 0.359 e. The number of hydrogen-bond acceptors (Lipinski definition) is 6. The molecule has 2 heterocycles. The third kappa shape index (κ3) is 1.85. The zero-order valence-electron chi connectivity index (χ0n) is 8.49. The Labute approximate surface area is 91.4 Å². The molecule has 16 heavy (non-hydrogen) atoms. The Kier molecular flexibility index (Phi) is 2.81. The van der Waals surface area contributed by atoms with Crippen LogP contribution in [0.1, 0.15) is 10.5 Å². The van der Waals surface area contributed by atoms with Crippen molar-refractivity contribution in [2.24, 2.45) is 0 Å². The number of hydrogen-bond donors (Lipinski definition) is 0. The van der Waals surface area contributed by atoms with Crippen LogP contribution in [0.3, 0.4) is 0 Å². The second-order valence-corrected chi connectivity index (χ2v) is 2.82. The molecular weight excluding hydrogens is 208 g/mol. The first-order chi connectivity index (χ1) is 7.83. The Morgan fingerprint density at radius 3 is 2.44 bits per heavy atom. The maximum absolute atomic E-state index is 11.4. The second kappa shape index (κ2) is 4.43. The van der Waals surface area contributed by atoms with Gasteiger partial charge in [0, 0.05) is 24.8 Å². The van der Waals surface area contributed by atoms with Crippen molar-refractivity contribution < 1.29 is 9.53 Å². The van der Waals surface area contributed by atoms with Crippen LogP contribution in [0, 0.1) is 0 Å². The van der Waals surface area contributed by atoms with Crippen molar-refractivity contribution in [3.63, 3.8) is 0 Å². The van der Waals surface area contributed by atoms with Crippen molar-refractivity contribution in [3.8, 4) is 11.5 Å². The van der Waals surface area contributed by atoms with Crippen molar-refractivity contribution in [2.75, 3.05) is 7.11 Å². The molecule has 0 saturated carbocycles. The molecule has 80 valence electrons. The van der Waals surface area contributed by atoms with Gasteiger partial charge < -0.3 is 4.74 Å². The lowest BCUT2D eigenvalue weighted by Crippen LogP contribution is -2.08. The summed E-state index contributed by atoms with van der Waals surface area (Å²) >= 11 is 0. The minimum atomic E-state index is -0.560. The van der Waals surface area contributed by atoms with E-state index in [-0.39, 0.29) is 5.69 Å².